The predicted octanol–water partition coefficient (Wildman–Crippen LogP) is 2.39. The second-order valence-corrected chi connectivity index (χ2v) is 4.05. The van der Waals surface area contributed by atoms with Crippen LogP contribution in [0.1, 0.15) is 18.5 Å². The summed E-state index contributed by atoms with van der Waals surface area (Å²) in [6, 6.07) is 8.71. The molecule has 0 aliphatic carbocycles. The van der Waals surface area contributed by atoms with Crippen LogP contribution >= 0.6 is 11.6 Å². The summed E-state index contributed by atoms with van der Waals surface area (Å²) < 4.78 is 5.11. The van der Waals surface area contributed by atoms with Gasteiger partial charge in [0.1, 0.15) is 0 Å². The molecule has 0 unspecified atom stereocenters. The molecule has 3 heteroatoms. The molecular formula is C11H14ClNO. The first kappa shape index (κ1) is 9.97. The van der Waals surface area contributed by atoms with E-state index in [0.717, 1.165) is 23.8 Å². The highest BCUT2D eigenvalue weighted by atomic mass is 35.5. The molecule has 0 radical (unpaired) electrons. The molecule has 14 heavy (non-hydrogen) atoms. The standard InChI is InChI=1S/C11H14ClNO/c1-8(13-9-6-14-7-9)10-4-2-3-5-11(10)12/h2-5,8-9,13H,6-7H2,1H3/t8-/m0/s1. The Morgan fingerprint density at radius 3 is 2.71 bits per heavy atom. The van der Waals surface area contributed by atoms with Crippen LogP contribution in [0.4, 0.5) is 0 Å². The SMILES string of the molecule is C[C@H](NC1COC1)c1ccccc1Cl. The Morgan fingerprint density at radius 1 is 1.43 bits per heavy atom. The monoisotopic (exact) mass is 211 g/mol. The lowest BCUT2D eigenvalue weighted by Crippen LogP contribution is -2.46. The lowest BCUT2D eigenvalue weighted by molar-refractivity contribution is -0.00924. The number of rotatable bonds is 3. The number of hydrogen-bond acceptors (Lipinski definition) is 2. The molecule has 1 fully saturated rings. The van der Waals surface area contributed by atoms with Crippen LogP contribution in [0, 0.1) is 0 Å². The van der Waals surface area contributed by atoms with Gasteiger partial charge in [0, 0.05) is 11.1 Å². The quantitative estimate of drug-likeness (QED) is 0.829. The highest BCUT2D eigenvalue weighted by molar-refractivity contribution is 6.31. The molecule has 0 spiro atoms. The normalized spacial score (nSPS) is 19.0. The summed E-state index contributed by atoms with van der Waals surface area (Å²) in [6.07, 6.45) is 0. The van der Waals surface area contributed by atoms with Gasteiger partial charge in [0.15, 0.2) is 0 Å². The minimum absolute atomic E-state index is 0.289. The van der Waals surface area contributed by atoms with Crippen LogP contribution in [-0.4, -0.2) is 19.3 Å². The van der Waals surface area contributed by atoms with Gasteiger partial charge in [0.2, 0.25) is 0 Å². The minimum atomic E-state index is 0.289. The van der Waals surface area contributed by atoms with Crippen LogP contribution in [0.25, 0.3) is 0 Å². The summed E-state index contributed by atoms with van der Waals surface area (Å²) in [5, 5.41) is 4.29. The molecule has 2 nitrogen and oxygen atoms in total. The minimum Gasteiger partial charge on any atom is -0.378 e. The third-order valence-electron chi connectivity index (χ3n) is 2.50. The van der Waals surface area contributed by atoms with E-state index >= 15 is 0 Å². The third kappa shape index (κ3) is 2.08. The molecule has 1 saturated heterocycles. The zero-order valence-corrected chi connectivity index (χ0v) is 8.92. The Hall–Kier alpha value is -0.570. The van der Waals surface area contributed by atoms with E-state index in [2.05, 4.69) is 18.3 Å². The number of halogens is 1. The van der Waals surface area contributed by atoms with Crippen LogP contribution < -0.4 is 5.32 Å². The number of ether oxygens (including phenoxy) is 1. The Bertz CT molecular complexity index is 312. The summed E-state index contributed by atoms with van der Waals surface area (Å²) >= 11 is 6.09. The first-order valence-corrected chi connectivity index (χ1v) is 5.23. The van der Waals surface area contributed by atoms with E-state index < -0.39 is 0 Å². The fourth-order valence-corrected chi connectivity index (χ4v) is 1.90. The van der Waals surface area contributed by atoms with Gasteiger partial charge in [-0.15, -0.1) is 0 Å². The number of benzene rings is 1. The van der Waals surface area contributed by atoms with Gasteiger partial charge in [0.25, 0.3) is 0 Å². The molecule has 2 rings (SSSR count). The zero-order valence-electron chi connectivity index (χ0n) is 8.16. The zero-order chi connectivity index (χ0) is 9.97. The van der Waals surface area contributed by atoms with Gasteiger partial charge >= 0.3 is 0 Å². The maximum absolute atomic E-state index is 6.09. The van der Waals surface area contributed by atoms with Crippen LogP contribution in [0.15, 0.2) is 24.3 Å². The van der Waals surface area contributed by atoms with Gasteiger partial charge in [-0.3, -0.25) is 0 Å². The molecule has 76 valence electrons. The van der Waals surface area contributed by atoms with Crippen LogP contribution in [-0.2, 0) is 4.74 Å². The van der Waals surface area contributed by atoms with Gasteiger partial charge in [-0.1, -0.05) is 29.8 Å². The van der Waals surface area contributed by atoms with Crippen LogP contribution in [0.3, 0.4) is 0 Å². The summed E-state index contributed by atoms with van der Waals surface area (Å²) in [7, 11) is 0. The molecule has 0 saturated carbocycles. The van der Waals surface area contributed by atoms with Crippen molar-refractivity contribution in [2.75, 3.05) is 13.2 Å². The Labute approximate surface area is 89.2 Å². The second-order valence-electron chi connectivity index (χ2n) is 3.64. The topological polar surface area (TPSA) is 21.3 Å². The summed E-state index contributed by atoms with van der Waals surface area (Å²) in [5.41, 5.74) is 1.15. The molecular weight excluding hydrogens is 198 g/mol. The van der Waals surface area contributed by atoms with Crippen molar-refractivity contribution in [2.24, 2.45) is 0 Å². The largest absolute Gasteiger partial charge is 0.378 e. The Balaban J connectivity index is 2.02. The van der Waals surface area contributed by atoms with Crippen LogP contribution in [0.5, 0.6) is 0 Å². The lowest BCUT2D eigenvalue weighted by atomic mass is 10.1. The summed E-state index contributed by atoms with van der Waals surface area (Å²) in [4.78, 5) is 0. The highest BCUT2D eigenvalue weighted by Crippen LogP contribution is 2.23. The Kier molecular flexibility index (Phi) is 3.06. The second kappa shape index (κ2) is 4.30. The van der Waals surface area contributed by atoms with Crippen molar-refractivity contribution in [1.82, 2.24) is 5.32 Å². The molecule has 1 aromatic carbocycles. The first-order valence-electron chi connectivity index (χ1n) is 4.85. The summed E-state index contributed by atoms with van der Waals surface area (Å²) in [6.45, 7) is 3.75. The average Bonchev–Trinajstić information content (AvgIpc) is 2.12. The lowest BCUT2D eigenvalue weighted by Gasteiger charge is -2.30. The van der Waals surface area contributed by atoms with Gasteiger partial charge in [-0.05, 0) is 18.6 Å². The van der Waals surface area contributed by atoms with E-state index in [-0.39, 0.29) is 6.04 Å². The molecule has 1 atom stereocenters. The van der Waals surface area contributed by atoms with Gasteiger partial charge in [0.05, 0.1) is 19.3 Å². The van der Waals surface area contributed by atoms with E-state index in [0.29, 0.717) is 6.04 Å². The van der Waals surface area contributed by atoms with E-state index in [9.17, 15) is 0 Å². The maximum atomic E-state index is 6.09. The van der Waals surface area contributed by atoms with Crippen molar-refractivity contribution in [2.45, 2.75) is 19.0 Å². The van der Waals surface area contributed by atoms with E-state index in [1.165, 1.54) is 0 Å². The van der Waals surface area contributed by atoms with Crippen molar-refractivity contribution >= 4 is 11.6 Å². The molecule has 1 aliphatic rings. The fraction of sp³-hybridized carbons (Fsp3) is 0.455. The number of hydrogen-bond donors (Lipinski definition) is 1. The van der Waals surface area contributed by atoms with Gasteiger partial charge < -0.3 is 10.1 Å². The average molecular weight is 212 g/mol. The molecule has 1 N–H and O–H groups in total. The van der Waals surface area contributed by atoms with Crippen LogP contribution in [0.2, 0.25) is 5.02 Å². The van der Waals surface area contributed by atoms with E-state index in [1.807, 2.05) is 18.2 Å². The highest BCUT2D eigenvalue weighted by Gasteiger charge is 2.21. The molecule has 1 aromatic rings. The summed E-state index contributed by atoms with van der Waals surface area (Å²) in [5.74, 6) is 0. The molecule has 0 aromatic heterocycles. The van der Waals surface area contributed by atoms with E-state index in [1.54, 1.807) is 0 Å². The van der Waals surface area contributed by atoms with Crippen molar-refractivity contribution in [3.8, 4) is 0 Å². The van der Waals surface area contributed by atoms with E-state index in [4.69, 9.17) is 16.3 Å². The van der Waals surface area contributed by atoms with Crippen molar-refractivity contribution in [1.29, 1.82) is 0 Å². The maximum Gasteiger partial charge on any atom is 0.0643 e. The molecule has 0 bridgehead atoms. The van der Waals surface area contributed by atoms with Gasteiger partial charge in [-0.2, -0.15) is 0 Å². The Morgan fingerprint density at radius 2 is 2.14 bits per heavy atom. The van der Waals surface area contributed by atoms with Crippen molar-refractivity contribution in [3.63, 3.8) is 0 Å². The molecule has 1 aliphatic heterocycles. The predicted molar refractivity (Wildman–Crippen MR) is 57.6 cm³/mol. The van der Waals surface area contributed by atoms with Crippen molar-refractivity contribution in [3.05, 3.63) is 34.9 Å². The smallest absolute Gasteiger partial charge is 0.0643 e. The molecule has 1 heterocycles. The molecule has 0 amide bonds. The third-order valence-corrected chi connectivity index (χ3v) is 2.84. The van der Waals surface area contributed by atoms with Gasteiger partial charge in [-0.25, -0.2) is 0 Å². The van der Waals surface area contributed by atoms with Crippen molar-refractivity contribution < 1.29 is 4.74 Å². The first-order chi connectivity index (χ1) is 6.77. The fourth-order valence-electron chi connectivity index (χ4n) is 1.60. The number of nitrogens with one attached hydrogen (secondary N) is 1.